The Labute approximate surface area is 91.8 Å². The van der Waals surface area contributed by atoms with Crippen LogP contribution in [0.25, 0.3) is 0 Å². The number of nitrogens with two attached hydrogens (primary N) is 1. The van der Waals surface area contributed by atoms with Gasteiger partial charge in [0, 0.05) is 6.04 Å². The standard InChI is InChI=1S/C11H23NO3/c1-7(2)6-8(12)9(13)10(14)15-11(3,4)5/h7-9,13H,6,12H2,1-5H3/t8-,9+/m0/s1. The summed E-state index contributed by atoms with van der Waals surface area (Å²) >= 11 is 0. The summed E-state index contributed by atoms with van der Waals surface area (Å²) < 4.78 is 5.03. The molecule has 0 aliphatic heterocycles. The van der Waals surface area contributed by atoms with Crippen LogP contribution in [0.4, 0.5) is 0 Å². The first-order valence-electron chi connectivity index (χ1n) is 5.30. The fourth-order valence-corrected chi connectivity index (χ4v) is 1.21. The van der Waals surface area contributed by atoms with Gasteiger partial charge in [-0.05, 0) is 33.1 Å². The molecule has 0 heterocycles. The Balaban J connectivity index is 4.20. The van der Waals surface area contributed by atoms with E-state index in [9.17, 15) is 9.90 Å². The average molecular weight is 217 g/mol. The van der Waals surface area contributed by atoms with E-state index in [2.05, 4.69) is 0 Å². The van der Waals surface area contributed by atoms with Crippen LogP contribution >= 0.6 is 0 Å². The van der Waals surface area contributed by atoms with Crippen LogP contribution in [0.3, 0.4) is 0 Å². The summed E-state index contributed by atoms with van der Waals surface area (Å²) in [5.41, 5.74) is 5.10. The Morgan fingerprint density at radius 3 is 2.20 bits per heavy atom. The largest absolute Gasteiger partial charge is 0.458 e. The second-order valence-corrected chi connectivity index (χ2v) is 5.27. The van der Waals surface area contributed by atoms with Gasteiger partial charge in [0.2, 0.25) is 0 Å². The lowest BCUT2D eigenvalue weighted by Crippen LogP contribution is -2.44. The zero-order valence-electron chi connectivity index (χ0n) is 10.3. The molecule has 0 aromatic carbocycles. The minimum atomic E-state index is -1.23. The summed E-state index contributed by atoms with van der Waals surface area (Å²) in [5.74, 6) is -0.298. The maximum atomic E-state index is 11.4. The smallest absolute Gasteiger partial charge is 0.337 e. The zero-order valence-corrected chi connectivity index (χ0v) is 10.3. The fourth-order valence-electron chi connectivity index (χ4n) is 1.21. The molecule has 2 atom stereocenters. The number of rotatable bonds is 4. The molecule has 3 N–H and O–H groups in total. The van der Waals surface area contributed by atoms with Crippen molar-refractivity contribution in [3.05, 3.63) is 0 Å². The molecule has 4 nitrogen and oxygen atoms in total. The molecule has 0 fully saturated rings. The van der Waals surface area contributed by atoms with E-state index in [1.807, 2.05) is 13.8 Å². The van der Waals surface area contributed by atoms with Crippen LogP contribution in [-0.4, -0.2) is 28.8 Å². The van der Waals surface area contributed by atoms with Crippen LogP contribution in [0, 0.1) is 5.92 Å². The van der Waals surface area contributed by atoms with Gasteiger partial charge in [-0.3, -0.25) is 0 Å². The van der Waals surface area contributed by atoms with Gasteiger partial charge in [0.1, 0.15) is 5.60 Å². The third kappa shape index (κ3) is 6.47. The van der Waals surface area contributed by atoms with Crippen LogP contribution in [-0.2, 0) is 9.53 Å². The Morgan fingerprint density at radius 1 is 1.40 bits per heavy atom. The molecule has 0 unspecified atom stereocenters. The average Bonchev–Trinajstić information content (AvgIpc) is 1.98. The van der Waals surface area contributed by atoms with E-state index in [0.29, 0.717) is 12.3 Å². The number of aliphatic hydroxyl groups excluding tert-OH is 1. The first-order valence-corrected chi connectivity index (χ1v) is 5.30. The number of aliphatic hydroxyl groups is 1. The van der Waals surface area contributed by atoms with Crippen molar-refractivity contribution in [2.24, 2.45) is 11.7 Å². The topological polar surface area (TPSA) is 72.5 Å². The Hall–Kier alpha value is -0.610. The second kappa shape index (κ2) is 5.47. The van der Waals surface area contributed by atoms with E-state index in [0.717, 1.165) is 0 Å². The molecular formula is C11H23NO3. The van der Waals surface area contributed by atoms with Gasteiger partial charge in [-0.25, -0.2) is 4.79 Å². The van der Waals surface area contributed by atoms with Crippen LogP contribution in [0.2, 0.25) is 0 Å². The normalized spacial score (nSPS) is 16.3. The fraction of sp³-hybridized carbons (Fsp3) is 0.909. The number of hydrogen-bond acceptors (Lipinski definition) is 4. The highest BCUT2D eigenvalue weighted by atomic mass is 16.6. The summed E-state index contributed by atoms with van der Waals surface area (Å²) in [6, 6.07) is -0.556. The van der Waals surface area contributed by atoms with E-state index >= 15 is 0 Å². The highest BCUT2D eigenvalue weighted by molar-refractivity contribution is 5.75. The van der Waals surface area contributed by atoms with Crippen LogP contribution < -0.4 is 5.73 Å². The van der Waals surface area contributed by atoms with E-state index in [-0.39, 0.29) is 0 Å². The van der Waals surface area contributed by atoms with Crippen molar-refractivity contribution in [3.8, 4) is 0 Å². The number of hydrogen-bond donors (Lipinski definition) is 2. The molecule has 0 radical (unpaired) electrons. The van der Waals surface area contributed by atoms with E-state index in [4.69, 9.17) is 10.5 Å². The van der Waals surface area contributed by atoms with Gasteiger partial charge in [-0.2, -0.15) is 0 Å². The first-order chi connectivity index (χ1) is 6.63. The van der Waals surface area contributed by atoms with E-state index in [1.54, 1.807) is 20.8 Å². The Morgan fingerprint density at radius 2 is 1.87 bits per heavy atom. The second-order valence-electron chi connectivity index (χ2n) is 5.27. The molecule has 0 aliphatic rings. The third-order valence-corrected chi connectivity index (χ3v) is 1.80. The van der Waals surface area contributed by atoms with Crippen molar-refractivity contribution < 1.29 is 14.6 Å². The number of esters is 1. The van der Waals surface area contributed by atoms with Gasteiger partial charge >= 0.3 is 5.97 Å². The summed E-state index contributed by atoms with van der Waals surface area (Å²) in [7, 11) is 0. The molecule has 0 aromatic heterocycles. The molecule has 90 valence electrons. The van der Waals surface area contributed by atoms with Crippen LogP contribution in [0.1, 0.15) is 41.0 Å². The van der Waals surface area contributed by atoms with Crippen molar-refractivity contribution >= 4 is 5.97 Å². The quantitative estimate of drug-likeness (QED) is 0.691. The molecule has 0 aliphatic carbocycles. The van der Waals surface area contributed by atoms with Gasteiger partial charge in [0.15, 0.2) is 6.10 Å². The van der Waals surface area contributed by atoms with Crippen molar-refractivity contribution in [3.63, 3.8) is 0 Å². The predicted molar refractivity (Wildman–Crippen MR) is 59.3 cm³/mol. The van der Waals surface area contributed by atoms with Gasteiger partial charge in [0.25, 0.3) is 0 Å². The summed E-state index contributed by atoms with van der Waals surface area (Å²) in [5, 5.41) is 9.60. The first kappa shape index (κ1) is 14.4. The van der Waals surface area contributed by atoms with Crippen molar-refractivity contribution in [1.29, 1.82) is 0 Å². The van der Waals surface area contributed by atoms with Gasteiger partial charge in [-0.1, -0.05) is 13.8 Å². The lowest BCUT2D eigenvalue weighted by Gasteiger charge is -2.24. The van der Waals surface area contributed by atoms with E-state index < -0.39 is 23.7 Å². The number of carbonyl (C=O) groups is 1. The molecule has 0 saturated heterocycles. The third-order valence-electron chi connectivity index (χ3n) is 1.80. The lowest BCUT2D eigenvalue weighted by molar-refractivity contribution is -0.166. The number of carbonyl (C=O) groups excluding carboxylic acids is 1. The lowest BCUT2D eigenvalue weighted by atomic mass is 10.00. The molecule has 0 bridgehead atoms. The minimum Gasteiger partial charge on any atom is -0.458 e. The predicted octanol–water partition coefficient (Wildman–Crippen LogP) is 1.06. The Bertz CT molecular complexity index is 208. The number of ether oxygens (including phenoxy) is 1. The molecule has 15 heavy (non-hydrogen) atoms. The molecule has 4 heteroatoms. The Kier molecular flexibility index (Phi) is 5.24. The molecule has 0 amide bonds. The summed E-state index contributed by atoms with van der Waals surface area (Å²) in [6.45, 7) is 9.24. The van der Waals surface area contributed by atoms with E-state index in [1.165, 1.54) is 0 Å². The molecular weight excluding hydrogens is 194 g/mol. The van der Waals surface area contributed by atoms with Crippen molar-refractivity contribution in [2.45, 2.75) is 58.8 Å². The maximum absolute atomic E-state index is 11.4. The van der Waals surface area contributed by atoms with Gasteiger partial charge in [-0.15, -0.1) is 0 Å². The summed E-state index contributed by atoms with van der Waals surface area (Å²) in [6.07, 6.45) is -0.632. The molecule has 0 aromatic rings. The highest BCUT2D eigenvalue weighted by Crippen LogP contribution is 2.12. The molecule has 0 rings (SSSR count). The molecule has 0 saturated carbocycles. The minimum absolute atomic E-state index is 0.345. The van der Waals surface area contributed by atoms with Gasteiger partial charge in [0.05, 0.1) is 0 Å². The van der Waals surface area contributed by atoms with Crippen LogP contribution in [0.15, 0.2) is 0 Å². The summed E-state index contributed by atoms with van der Waals surface area (Å²) in [4.78, 5) is 11.4. The maximum Gasteiger partial charge on any atom is 0.337 e. The SMILES string of the molecule is CC(C)C[C@H](N)[C@@H](O)C(=O)OC(C)(C)C. The van der Waals surface area contributed by atoms with Crippen LogP contribution in [0.5, 0.6) is 0 Å². The van der Waals surface area contributed by atoms with Crippen molar-refractivity contribution in [1.82, 2.24) is 0 Å². The zero-order chi connectivity index (χ0) is 12.2. The van der Waals surface area contributed by atoms with Crippen molar-refractivity contribution in [2.75, 3.05) is 0 Å². The monoisotopic (exact) mass is 217 g/mol. The highest BCUT2D eigenvalue weighted by Gasteiger charge is 2.28. The van der Waals surface area contributed by atoms with Gasteiger partial charge < -0.3 is 15.6 Å². The molecule has 0 spiro atoms.